The minimum absolute atomic E-state index is 0.0149. The number of hydrogen-bond acceptors (Lipinski definition) is 2. The lowest BCUT2D eigenvalue weighted by molar-refractivity contribution is 0.0859. The Morgan fingerprint density at radius 3 is 2.86 bits per heavy atom. The van der Waals surface area contributed by atoms with Crippen LogP contribution in [0.3, 0.4) is 0 Å². The van der Waals surface area contributed by atoms with E-state index in [1.54, 1.807) is 0 Å². The van der Waals surface area contributed by atoms with E-state index in [1.165, 1.54) is 16.5 Å². The maximum atomic E-state index is 12.5. The van der Waals surface area contributed by atoms with Crippen LogP contribution in [0.25, 0.3) is 10.8 Å². The highest BCUT2D eigenvalue weighted by molar-refractivity contribution is 6.09. The molecule has 1 heterocycles. The summed E-state index contributed by atoms with van der Waals surface area (Å²) in [5.74, 6) is 0.0149. The van der Waals surface area contributed by atoms with Crippen molar-refractivity contribution in [2.75, 3.05) is 13.2 Å². The third-order valence-corrected chi connectivity index (χ3v) is 4.64. The van der Waals surface area contributed by atoms with Gasteiger partial charge in [-0.05, 0) is 53.6 Å². The van der Waals surface area contributed by atoms with E-state index in [0.29, 0.717) is 6.54 Å². The molecule has 3 nitrogen and oxygen atoms in total. The molecule has 1 saturated heterocycles. The Bertz CT molecular complexity index is 691. The monoisotopic (exact) mass is 281 g/mol. The number of carbonyl (C=O) groups is 1. The first-order valence-corrected chi connectivity index (χ1v) is 7.76. The number of nitrogens with one attached hydrogen (secondary N) is 1. The van der Waals surface area contributed by atoms with E-state index < -0.39 is 0 Å². The summed E-state index contributed by atoms with van der Waals surface area (Å²) in [6, 6.07) is 10.4. The Labute approximate surface area is 124 Å². The molecular weight excluding hydrogens is 262 g/mol. The van der Waals surface area contributed by atoms with E-state index in [9.17, 15) is 4.79 Å². The molecule has 21 heavy (non-hydrogen) atoms. The molecule has 3 heteroatoms. The Hall–Kier alpha value is -1.87. The van der Waals surface area contributed by atoms with Crippen LogP contribution in [-0.4, -0.2) is 25.2 Å². The molecule has 0 radical (unpaired) electrons. The maximum absolute atomic E-state index is 12.5. The number of aryl methyl sites for hydroxylation is 2. The molecule has 2 aliphatic rings. The van der Waals surface area contributed by atoms with Crippen molar-refractivity contribution in [2.24, 2.45) is 0 Å². The van der Waals surface area contributed by atoms with Crippen LogP contribution in [0.2, 0.25) is 0 Å². The normalized spacial score (nSPS) is 20.1. The van der Waals surface area contributed by atoms with Gasteiger partial charge in [-0.2, -0.15) is 0 Å². The average Bonchev–Trinajstić information content (AvgIpc) is 3.16. The zero-order valence-electron chi connectivity index (χ0n) is 12.0. The molecule has 1 amide bonds. The fourth-order valence-corrected chi connectivity index (χ4v) is 3.55. The smallest absolute Gasteiger partial charge is 0.252 e. The highest BCUT2D eigenvalue weighted by Crippen LogP contribution is 2.32. The zero-order chi connectivity index (χ0) is 14.2. The molecule has 1 atom stereocenters. The van der Waals surface area contributed by atoms with Gasteiger partial charge in [-0.3, -0.25) is 4.79 Å². The fourth-order valence-electron chi connectivity index (χ4n) is 3.55. The van der Waals surface area contributed by atoms with Gasteiger partial charge in [0.25, 0.3) is 5.91 Å². The summed E-state index contributed by atoms with van der Waals surface area (Å²) in [6.45, 7) is 1.43. The van der Waals surface area contributed by atoms with Crippen molar-refractivity contribution >= 4 is 16.7 Å². The van der Waals surface area contributed by atoms with E-state index in [4.69, 9.17) is 4.74 Å². The second-order valence-electron chi connectivity index (χ2n) is 5.96. The third-order valence-electron chi connectivity index (χ3n) is 4.64. The van der Waals surface area contributed by atoms with Gasteiger partial charge < -0.3 is 10.1 Å². The highest BCUT2D eigenvalue weighted by Gasteiger charge is 2.20. The number of rotatable bonds is 3. The maximum Gasteiger partial charge on any atom is 0.252 e. The number of amides is 1. The lowest BCUT2D eigenvalue weighted by Crippen LogP contribution is -2.31. The van der Waals surface area contributed by atoms with Crippen molar-refractivity contribution in [1.82, 2.24) is 5.32 Å². The summed E-state index contributed by atoms with van der Waals surface area (Å²) in [6.07, 6.45) is 4.51. The first kappa shape index (κ1) is 12.8. The standard InChI is InChI=1S/C18H19NO2/c20-18(19-11-14-4-2-10-21-14)16-9-8-13-7-6-12-3-1-5-15(16)17(12)13/h1,3,5,8-9,14H,2,4,6-7,10-11H2,(H,19,20)/t14-/m0/s1. The molecule has 4 rings (SSSR count). The van der Waals surface area contributed by atoms with Crippen LogP contribution < -0.4 is 5.32 Å². The van der Waals surface area contributed by atoms with Gasteiger partial charge in [0, 0.05) is 18.7 Å². The summed E-state index contributed by atoms with van der Waals surface area (Å²) in [4.78, 5) is 12.5. The second-order valence-corrected chi connectivity index (χ2v) is 5.96. The summed E-state index contributed by atoms with van der Waals surface area (Å²) in [5.41, 5.74) is 3.53. The van der Waals surface area contributed by atoms with Crippen molar-refractivity contribution in [3.8, 4) is 0 Å². The molecule has 1 aliphatic carbocycles. The van der Waals surface area contributed by atoms with Gasteiger partial charge in [-0.25, -0.2) is 0 Å². The third kappa shape index (κ3) is 2.22. The Morgan fingerprint density at radius 1 is 1.19 bits per heavy atom. The lowest BCUT2D eigenvalue weighted by Gasteiger charge is -2.12. The van der Waals surface area contributed by atoms with Crippen LogP contribution in [0.1, 0.15) is 34.3 Å². The van der Waals surface area contributed by atoms with Gasteiger partial charge in [-0.15, -0.1) is 0 Å². The van der Waals surface area contributed by atoms with Gasteiger partial charge in [0.15, 0.2) is 0 Å². The highest BCUT2D eigenvalue weighted by atomic mass is 16.5. The van der Waals surface area contributed by atoms with E-state index in [2.05, 4.69) is 29.6 Å². The summed E-state index contributed by atoms with van der Waals surface area (Å²) in [5, 5.41) is 5.41. The largest absolute Gasteiger partial charge is 0.376 e. The van der Waals surface area contributed by atoms with Crippen molar-refractivity contribution in [1.29, 1.82) is 0 Å². The molecule has 0 bridgehead atoms. The minimum atomic E-state index is 0.0149. The Kier molecular flexibility index (Phi) is 3.15. The van der Waals surface area contributed by atoms with Gasteiger partial charge in [0.2, 0.25) is 0 Å². The summed E-state index contributed by atoms with van der Waals surface area (Å²) < 4.78 is 5.56. The molecule has 2 aromatic rings. The molecule has 1 fully saturated rings. The Balaban J connectivity index is 1.63. The molecule has 0 unspecified atom stereocenters. The van der Waals surface area contributed by atoms with E-state index in [1.807, 2.05) is 6.07 Å². The number of hydrogen-bond donors (Lipinski definition) is 1. The molecule has 1 aliphatic heterocycles. The van der Waals surface area contributed by atoms with Gasteiger partial charge in [0.1, 0.15) is 0 Å². The van der Waals surface area contributed by atoms with Gasteiger partial charge >= 0.3 is 0 Å². The number of benzene rings is 2. The van der Waals surface area contributed by atoms with Crippen LogP contribution >= 0.6 is 0 Å². The molecule has 2 aromatic carbocycles. The minimum Gasteiger partial charge on any atom is -0.376 e. The van der Waals surface area contributed by atoms with Gasteiger partial charge in [-0.1, -0.05) is 24.3 Å². The molecule has 1 N–H and O–H groups in total. The van der Waals surface area contributed by atoms with Crippen LogP contribution in [0.15, 0.2) is 30.3 Å². The van der Waals surface area contributed by atoms with Crippen molar-refractivity contribution in [2.45, 2.75) is 31.8 Å². The van der Waals surface area contributed by atoms with E-state index >= 15 is 0 Å². The first-order chi connectivity index (χ1) is 10.3. The summed E-state index contributed by atoms with van der Waals surface area (Å²) >= 11 is 0. The fraction of sp³-hybridized carbons (Fsp3) is 0.389. The average molecular weight is 281 g/mol. The molecule has 108 valence electrons. The van der Waals surface area contributed by atoms with Crippen molar-refractivity contribution in [3.63, 3.8) is 0 Å². The molecule has 0 spiro atoms. The summed E-state index contributed by atoms with van der Waals surface area (Å²) in [7, 11) is 0. The predicted octanol–water partition coefficient (Wildman–Crippen LogP) is 2.85. The van der Waals surface area contributed by atoms with Crippen LogP contribution in [0.4, 0.5) is 0 Å². The quantitative estimate of drug-likeness (QED) is 0.939. The van der Waals surface area contributed by atoms with E-state index in [-0.39, 0.29) is 12.0 Å². The van der Waals surface area contributed by atoms with Gasteiger partial charge in [0.05, 0.1) is 6.10 Å². The van der Waals surface area contributed by atoms with Crippen molar-refractivity contribution in [3.05, 3.63) is 47.0 Å². The molecule has 0 aromatic heterocycles. The topological polar surface area (TPSA) is 38.3 Å². The lowest BCUT2D eigenvalue weighted by atomic mass is 9.99. The molecular formula is C18H19NO2. The first-order valence-electron chi connectivity index (χ1n) is 7.76. The SMILES string of the molecule is O=C(NC[C@@H]1CCCO1)c1ccc2c3c(cccc13)CC2. The van der Waals surface area contributed by atoms with Crippen molar-refractivity contribution < 1.29 is 9.53 Å². The number of ether oxygens (including phenoxy) is 1. The second kappa shape index (κ2) is 5.15. The zero-order valence-corrected chi connectivity index (χ0v) is 12.0. The van der Waals surface area contributed by atoms with Crippen LogP contribution in [-0.2, 0) is 17.6 Å². The van der Waals surface area contributed by atoms with Crippen LogP contribution in [0.5, 0.6) is 0 Å². The van der Waals surface area contributed by atoms with Crippen LogP contribution in [0, 0.1) is 0 Å². The van der Waals surface area contributed by atoms with E-state index in [0.717, 1.165) is 43.2 Å². The Morgan fingerprint density at radius 2 is 2.05 bits per heavy atom. The molecule has 0 saturated carbocycles. The predicted molar refractivity (Wildman–Crippen MR) is 82.7 cm³/mol. The number of carbonyl (C=O) groups excluding carboxylic acids is 1.